The maximum absolute atomic E-state index is 12.2. The predicted molar refractivity (Wildman–Crippen MR) is 92.0 cm³/mol. The molecule has 0 saturated heterocycles. The number of carbonyl (C=O) groups is 1. The van der Waals surface area contributed by atoms with Crippen LogP contribution >= 0.6 is 11.3 Å². The fourth-order valence-corrected chi connectivity index (χ4v) is 2.77. The van der Waals surface area contributed by atoms with Crippen LogP contribution in [0.25, 0.3) is 11.3 Å². The third-order valence-corrected chi connectivity index (χ3v) is 3.98. The molecular weight excluding hydrogens is 351 g/mol. The third-order valence-electron chi connectivity index (χ3n) is 3.23. The zero-order valence-electron chi connectivity index (χ0n) is 12.7. The highest BCUT2D eigenvalue weighted by atomic mass is 32.1. The van der Waals surface area contributed by atoms with Crippen molar-refractivity contribution in [1.82, 2.24) is 4.98 Å². The lowest BCUT2D eigenvalue weighted by Crippen LogP contribution is -2.29. The third kappa shape index (κ3) is 4.36. The van der Waals surface area contributed by atoms with E-state index < -0.39 is 12.1 Å². The Balaban J connectivity index is 1.70. The molecule has 1 aromatic heterocycles. The van der Waals surface area contributed by atoms with E-state index in [1.165, 1.54) is 23.5 Å². The molecule has 3 rings (SSSR count). The molecule has 2 N–H and O–H groups in total. The fraction of sp³-hybridized carbons (Fsp3) is 0.0588. The van der Waals surface area contributed by atoms with Gasteiger partial charge < -0.3 is 10.6 Å². The number of benzene rings is 2. The molecule has 3 aromatic rings. The summed E-state index contributed by atoms with van der Waals surface area (Å²) >= 11 is 1.42. The van der Waals surface area contributed by atoms with E-state index in [4.69, 9.17) is 0 Å². The summed E-state index contributed by atoms with van der Waals surface area (Å²) in [4.78, 5) is 15.4. The summed E-state index contributed by atoms with van der Waals surface area (Å²) < 4.78 is 36.7. The quantitative estimate of drug-likeness (QED) is 0.682. The van der Waals surface area contributed by atoms with Crippen LogP contribution < -0.4 is 10.6 Å². The predicted octanol–water partition coefficient (Wildman–Crippen LogP) is 5.05. The highest BCUT2D eigenvalue weighted by Crippen LogP contribution is 2.28. The highest BCUT2D eigenvalue weighted by molar-refractivity contribution is 7.14. The van der Waals surface area contributed by atoms with Gasteiger partial charge >= 0.3 is 12.1 Å². The summed E-state index contributed by atoms with van der Waals surface area (Å²) in [6.07, 6.45) is -4.91. The number of halogens is 3. The molecule has 0 aliphatic carbocycles. The van der Waals surface area contributed by atoms with E-state index >= 15 is 0 Å². The molecule has 0 spiro atoms. The SMILES string of the molecule is O=C(Nc1ccc(-c2csc(Nc3ccccc3)n2)cc1)C(F)(F)F. The molecule has 0 unspecified atom stereocenters. The highest BCUT2D eigenvalue weighted by Gasteiger charge is 2.38. The van der Waals surface area contributed by atoms with Gasteiger partial charge in [-0.15, -0.1) is 11.3 Å². The number of aromatic nitrogens is 1. The molecule has 128 valence electrons. The van der Waals surface area contributed by atoms with E-state index in [1.54, 1.807) is 17.4 Å². The lowest BCUT2D eigenvalue weighted by Gasteiger charge is -2.08. The molecule has 25 heavy (non-hydrogen) atoms. The van der Waals surface area contributed by atoms with Crippen molar-refractivity contribution in [2.75, 3.05) is 10.6 Å². The van der Waals surface area contributed by atoms with Gasteiger partial charge in [0.05, 0.1) is 5.69 Å². The number of thiazole rings is 1. The second-order valence-corrected chi connectivity index (χ2v) is 5.92. The lowest BCUT2D eigenvalue weighted by molar-refractivity contribution is -0.167. The van der Waals surface area contributed by atoms with E-state index in [-0.39, 0.29) is 5.69 Å². The van der Waals surface area contributed by atoms with Crippen LogP contribution in [0, 0.1) is 0 Å². The molecule has 4 nitrogen and oxygen atoms in total. The second-order valence-electron chi connectivity index (χ2n) is 5.06. The number of para-hydroxylation sites is 1. The maximum Gasteiger partial charge on any atom is 0.471 e. The van der Waals surface area contributed by atoms with Crippen molar-refractivity contribution >= 4 is 33.8 Å². The van der Waals surface area contributed by atoms with Crippen molar-refractivity contribution in [3.63, 3.8) is 0 Å². The maximum atomic E-state index is 12.2. The van der Waals surface area contributed by atoms with Crippen molar-refractivity contribution in [3.8, 4) is 11.3 Å². The van der Waals surface area contributed by atoms with E-state index in [1.807, 2.05) is 35.7 Å². The van der Waals surface area contributed by atoms with Crippen LogP contribution in [-0.4, -0.2) is 17.1 Å². The zero-order chi connectivity index (χ0) is 17.9. The first-order chi connectivity index (χ1) is 11.9. The van der Waals surface area contributed by atoms with Crippen LogP contribution in [-0.2, 0) is 4.79 Å². The number of nitrogens with one attached hydrogen (secondary N) is 2. The Morgan fingerprint density at radius 3 is 2.28 bits per heavy atom. The molecule has 0 aliphatic rings. The summed E-state index contributed by atoms with van der Waals surface area (Å²) in [5, 5.41) is 7.52. The zero-order valence-corrected chi connectivity index (χ0v) is 13.5. The Morgan fingerprint density at radius 2 is 1.64 bits per heavy atom. The minimum absolute atomic E-state index is 0.0731. The average Bonchev–Trinajstić information content (AvgIpc) is 3.04. The fourth-order valence-electron chi connectivity index (χ4n) is 2.03. The molecule has 0 bridgehead atoms. The van der Waals surface area contributed by atoms with Gasteiger partial charge in [-0.1, -0.05) is 30.3 Å². The standard InChI is InChI=1S/C17H12F3N3OS/c18-17(19,20)15(24)21-13-8-6-11(7-9-13)14-10-25-16(23-14)22-12-4-2-1-3-5-12/h1-10H,(H,21,24)(H,22,23). The number of anilines is 3. The second kappa shape index (κ2) is 6.94. The summed E-state index contributed by atoms with van der Waals surface area (Å²) in [6, 6.07) is 15.6. The lowest BCUT2D eigenvalue weighted by atomic mass is 10.1. The number of nitrogens with zero attached hydrogens (tertiary/aromatic N) is 1. The van der Waals surface area contributed by atoms with Crippen molar-refractivity contribution in [1.29, 1.82) is 0 Å². The number of hydrogen-bond acceptors (Lipinski definition) is 4. The van der Waals surface area contributed by atoms with Gasteiger partial charge in [-0.25, -0.2) is 4.98 Å². The molecule has 2 aromatic carbocycles. The van der Waals surface area contributed by atoms with Crippen molar-refractivity contribution in [2.24, 2.45) is 0 Å². The van der Waals surface area contributed by atoms with Crippen molar-refractivity contribution < 1.29 is 18.0 Å². The van der Waals surface area contributed by atoms with Gasteiger partial charge in [0.25, 0.3) is 0 Å². The number of alkyl halides is 3. The van der Waals surface area contributed by atoms with Crippen molar-refractivity contribution in [2.45, 2.75) is 6.18 Å². The topological polar surface area (TPSA) is 54.0 Å². The number of amides is 1. The molecule has 0 fully saturated rings. The first-order valence-corrected chi connectivity index (χ1v) is 8.06. The molecule has 1 amide bonds. The Hall–Kier alpha value is -2.87. The van der Waals surface area contributed by atoms with Crippen LogP contribution in [0.1, 0.15) is 0 Å². The number of rotatable bonds is 4. The minimum atomic E-state index is -4.91. The van der Waals surface area contributed by atoms with Crippen LogP contribution in [0.4, 0.5) is 29.7 Å². The molecule has 0 saturated carbocycles. The van der Waals surface area contributed by atoms with E-state index in [9.17, 15) is 18.0 Å². The van der Waals surface area contributed by atoms with Crippen LogP contribution in [0.5, 0.6) is 0 Å². The summed E-state index contributed by atoms with van der Waals surface area (Å²) in [5.74, 6) is -2.00. The van der Waals surface area contributed by atoms with Gasteiger partial charge in [0.1, 0.15) is 0 Å². The molecule has 0 aliphatic heterocycles. The van der Waals surface area contributed by atoms with Crippen molar-refractivity contribution in [3.05, 3.63) is 60.0 Å². The summed E-state index contributed by atoms with van der Waals surface area (Å²) in [6.45, 7) is 0. The first kappa shape index (κ1) is 17.0. The van der Waals surface area contributed by atoms with Gasteiger partial charge in [-0.3, -0.25) is 4.79 Å². The largest absolute Gasteiger partial charge is 0.471 e. The monoisotopic (exact) mass is 363 g/mol. The molecule has 1 heterocycles. The normalized spacial score (nSPS) is 11.2. The smallest absolute Gasteiger partial charge is 0.332 e. The van der Waals surface area contributed by atoms with E-state index in [0.29, 0.717) is 10.8 Å². The Morgan fingerprint density at radius 1 is 0.960 bits per heavy atom. The van der Waals surface area contributed by atoms with Crippen LogP contribution in [0.2, 0.25) is 0 Å². The van der Waals surface area contributed by atoms with E-state index in [2.05, 4.69) is 10.3 Å². The van der Waals surface area contributed by atoms with E-state index in [0.717, 1.165) is 11.3 Å². The molecular formula is C17H12F3N3OS. The molecule has 8 heteroatoms. The first-order valence-electron chi connectivity index (χ1n) is 7.18. The van der Waals surface area contributed by atoms with Gasteiger partial charge in [0.2, 0.25) is 0 Å². The van der Waals surface area contributed by atoms with Crippen LogP contribution in [0.15, 0.2) is 60.0 Å². The summed E-state index contributed by atoms with van der Waals surface area (Å²) in [7, 11) is 0. The van der Waals surface area contributed by atoms with Crippen LogP contribution in [0.3, 0.4) is 0 Å². The molecule has 0 atom stereocenters. The minimum Gasteiger partial charge on any atom is -0.332 e. The Bertz CT molecular complexity index is 861. The number of carbonyl (C=O) groups excluding carboxylic acids is 1. The van der Waals surface area contributed by atoms with Gasteiger partial charge in [0, 0.05) is 22.3 Å². The average molecular weight is 363 g/mol. The Kier molecular flexibility index (Phi) is 4.71. The number of hydrogen-bond donors (Lipinski definition) is 2. The molecule has 0 radical (unpaired) electrons. The summed E-state index contributed by atoms with van der Waals surface area (Å²) in [5.41, 5.74) is 2.41. The van der Waals surface area contributed by atoms with Gasteiger partial charge in [-0.05, 0) is 24.3 Å². The van der Waals surface area contributed by atoms with Gasteiger partial charge in [-0.2, -0.15) is 13.2 Å². The van der Waals surface area contributed by atoms with Gasteiger partial charge in [0.15, 0.2) is 5.13 Å². The Labute approximate surface area is 145 Å².